The molecule has 0 atom stereocenters. The molecule has 0 N–H and O–H groups in total. The van der Waals surface area contributed by atoms with Crippen molar-refractivity contribution >= 4 is 12.0 Å². The van der Waals surface area contributed by atoms with E-state index in [1.54, 1.807) is 12.1 Å². The van der Waals surface area contributed by atoms with Crippen LogP contribution in [0.2, 0.25) is 0 Å². The largest absolute Gasteiger partial charge is 0.368 e. The van der Waals surface area contributed by atoms with Crippen LogP contribution in [0, 0.1) is 11.3 Å². The first-order valence-electron chi connectivity index (χ1n) is 5.56. The molecule has 16 heavy (non-hydrogen) atoms. The minimum Gasteiger partial charge on any atom is -0.368 e. The summed E-state index contributed by atoms with van der Waals surface area (Å²) in [5.41, 5.74) is 2.11. The zero-order valence-corrected chi connectivity index (χ0v) is 9.31. The number of hydrogen-bond acceptors (Lipinski definition) is 3. The highest BCUT2D eigenvalue weighted by molar-refractivity contribution is 5.78. The SMILES string of the molecule is CCN(c1ccc(C=O)cc1C#N)C1CC1. The van der Waals surface area contributed by atoms with Crippen molar-refractivity contribution in [1.29, 1.82) is 5.26 Å². The third kappa shape index (κ3) is 1.92. The fourth-order valence-electron chi connectivity index (χ4n) is 1.98. The van der Waals surface area contributed by atoms with E-state index in [0.717, 1.165) is 18.5 Å². The first kappa shape index (κ1) is 10.7. The number of rotatable bonds is 4. The number of benzene rings is 1. The normalized spacial score (nSPS) is 14.2. The summed E-state index contributed by atoms with van der Waals surface area (Å²) in [5, 5.41) is 9.09. The van der Waals surface area contributed by atoms with Crippen LogP contribution in [0.15, 0.2) is 18.2 Å². The van der Waals surface area contributed by atoms with Crippen molar-refractivity contribution < 1.29 is 4.79 Å². The van der Waals surface area contributed by atoms with E-state index >= 15 is 0 Å². The number of aldehydes is 1. The Labute approximate surface area is 95.3 Å². The van der Waals surface area contributed by atoms with Crippen LogP contribution in [0.4, 0.5) is 5.69 Å². The maximum absolute atomic E-state index is 10.6. The second-order valence-electron chi connectivity index (χ2n) is 4.02. The Balaban J connectivity index is 2.39. The van der Waals surface area contributed by atoms with Crippen LogP contribution >= 0.6 is 0 Å². The highest BCUT2D eigenvalue weighted by Gasteiger charge is 2.29. The molecule has 3 nitrogen and oxygen atoms in total. The van der Waals surface area contributed by atoms with Crippen molar-refractivity contribution in [2.45, 2.75) is 25.8 Å². The van der Waals surface area contributed by atoms with E-state index in [-0.39, 0.29) is 0 Å². The second kappa shape index (κ2) is 4.36. The number of nitrogens with zero attached hydrogens (tertiary/aromatic N) is 2. The standard InChI is InChI=1S/C13H14N2O/c1-2-15(12-4-5-12)13-6-3-10(9-16)7-11(13)8-14/h3,6-7,9,12H,2,4-5H2,1H3. The van der Waals surface area contributed by atoms with Gasteiger partial charge >= 0.3 is 0 Å². The predicted molar refractivity (Wildman–Crippen MR) is 62.6 cm³/mol. The Kier molecular flexibility index (Phi) is 2.91. The average molecular weight is 214 g/mol. The molecule has 1 saturated carbocycles. The molecule has 0 bridgehead atoms. The van der Waals surface area contributed by atoms with Crippen molar-refractivity contribution in [3.8, 4) is 6.07 Å². The third-order valence-electron chi connectivity index (χ3n) is 2.91. The molecule has 0 unspecified atom stereocenters. The number of hydrogen-bond donors (Lipinski definition) is 0. The van der Waals surface area contributed by atoms with Gasteiger partial charge in [-0.25, -0.2) is 0 Å². The fourth-order valence-corrected chi connectivity index (χ4v) is 1.98. The van der Waals surface area contributed by atoms with Gasteiger partial charge in [0.1, 0.15) is 12.4 Å². The number of carbonyl (C=O) groups excluding carboxylic acids is 1. The van der Waals surface area contributed by atoms with Crippen molar-refractivity contribution in [3.05, 3.63) is 29.3 Å². The summed E-state index contributed by atoms with van der Waals surface area (Å²) < 4.78 is 0. The van der Waals surface area contributed by atoms with Crippen LogP contribution in [-0.4, -0.2) is 18.9 Å². The lowest BCUT2D eigenvalue weighted by Crippen LogP contribution is -2.25. The summed E-state index contributed by atoms with van der Waals surface area (Å²) in [6.07, 6.45) is 3.18. The molecule has 1 aliphatic carbocycles. The topological polar surface area (TPSA) is 44.1 Å². The molecule has 0 aromatic heterocycles. The van der Waals surface area contributed by atoms with Crippen LogP contribution in [0.1, 0.15) is 35.7 Å². The van der Waals surface area contributed by atoms with E-state index in [9.17, 15) is 4.79 Å². The highest BCUT2D eigenvalue weighted by atomic mass is 16.1. The number of carbonyl (C=O) groups is 1. The number of nitriles is 1. The van der Waals surface area contributed by atoms with Crippen molar-refractivity contribution in [3.63, 3.8) is 0 Å². The Morgan fingerprint density at radius 1 is 1.56 bits per heavy atom. The minimum atomic E-state index is 0.562. The Morgan fingerprint density at radius 3 is 2.81 bits per heavy atom. The monoisotopic (exact) mass is 214 g/mol. The molecule has 0 heterocycles. The molecule has 0 radical (unpaired) electrons. The first-order valence-corrected chi connectivity index (χ1v) is 5.56. The van der Waals surface area contributed by atoms with E-state index in [1.807, 2.05) is 6.07 Å². The molecule has 1 aromatic rings. The van der Waals surface area contributed by atoms with E-state index in [4.69, 9.17) is 5.26 Å². The average Bonchev–Trinajstić information content (AvgIpc) is 3.15. The van der Waals surface area contributed by atoms with Crippen LogP contribution in [-0.2, 0) is 0 Å². The fraction of sp³-hybridized carbons (Fsp3) is 0.385. The number of anilines is 1. The van der Waals surface area contributed by atoms with Crippen molar-refractivity contribution in [2.75, 3.05) is 11.4 Å². The summed E-state index contributed by atoms with van der Waals surface area (Å²) in [5.74, 6) is 0. The van der Waals surface area contributed by atoms with Gasteiger partial charge in [0.2, 0.25) is 0 Å². The Morgan fingerprint density at radius 2 is 2.31 bits per heavy atom. The summed E-state index contributed by atoms with van der Waals surface area (Å²) >= 11 is 0. The Hall–Kier alpha value is -1.82. The molecule has 3 heteroatoms. The molecule has 0 amide bonds. The van der Waals surface area contributed by atoms with Crippen LogP contribution in [0.5, 0.6) is 0 Å². The van der Waals surface area contributed by atoms with Gasteiger partial charge in [-0.15, -0.1) is 0 Å². The molecule has 0 spiro atoms. The van der Waals surface area contributed by atoms with Gasteiger partial charge < -0.3 is 4.90 Å². The molecule has 1 aromatic carbocycles. The maximum Gasteiger partial charge on any atom is 0.150 e. The zero-order valence-electron chi connectivity index (χ0n) is 9.31. The van der Waals surface area contributed by atoms with E-state index in [1.165, 1.54) is 12.8 Å². The van der Waals surface area contributed by atoms with Crippen LogP contribution in [0.3, 0.4) is 0 Å². The van der Waals surface area contributed by atoms with Crippen LogP contribution < -0.4 is 4.90 Å². The zero-order chi connectivity index (χ0) is 11.5. The predicted octanol–water partition coefficient (Wildman–Crippen LogP) is 2.36. The molecule has 82 valence electrons. The maximum atomic E-state index is 10.6. The minimum absolute atomic E-state index is 0.562. The highest BCUT2D eigenvalue weighted by Crippen LogP contribution is 2.33. The van der Waals surface area contributed by atoms with Gasteiger partial charge in [-0.1, -0.05) is 0 Å². The molecule has 1 fully saturated rings. The first-order chi connectivity index (χ1) is 7.80. The van der Waals surface area contributed by atoms with Gasteiger partial charge in [-0.05, 0) is 38.0 Å². The van der Waals surface area contributed by atoms with E-state index in [2.05, 4.69) is 17.9 Å². The van der Waals surface area contributed by atoms with Gasteiger partial charge in [-0.2, -0.15) is 5.26 Å². The van der Waals surface area contributed by atoms with Crippen molar-refractivity contribution in [1.82, 2.24) is 0 Å². The molecular weight excluding hydrogens is 200 g/mol. The van der Waals surface area contributed by atoms with Gasteiger partial charge in [-0.3, -0.25) is 4.79 Å². The Bertz CT molecular complexity index is 444. The molecule has 0 saturated heterocycles. The van der Waals surface area contributed by atoms with Crippen molar-refractivity contribution in [2.24, 2.45) is 0 Å². The molecular formula is C13H14N2O. The summed E-state index contributed by atoms with van der Waals surface area (Å²) in [4.78, 5) is 12.9. The smallest absolute Gasteiger partial charge is 0.150 e. The quantitative estimate of drug-likeness (QED) is 0.723. The third-order valence-corrected chi connectivity index (χ3v) is 2.91. The van der Waals surface area contributed by atoms with E-state index in [0.29, 0.717) is 17.2 Å². The molecule has 0 aliphatic heterocycles. The van der Waals surface area contributed by atoms with Gasteiger partial charge in [0.25, 0.3) is 0 Å². The summed E-state index contributed by atoms with van der Waals surface area (Å²) in [6.45, 7) is 2.99. The van der Waals surface area contributed by atoms with E-state index < -0.39 is 0 Å². The van der Waals surface area contributed by atoms with Crippen LogP contribution in [0.25, 0.3) is 0 Å². The summed E-state index contributed by atoms with van der Waals surface area (Å²) in [6, 6.07) is 8.06. The molecule has 1 aliphatic rings. The lowest BCUT2D eigenvalue weighted by Gasteiger charge is -2.23. The second-order valence-corrected chi connectivity index (χ2v) is 4.02. The lowest BCUT2D eigenvalue weighted by atomic mass is 10.1. The van der Waals surface area contributed by atoms with Gasteiger partial charge in [0.05, 0.1) is 11.3 Å². The molecule has 2 rings (SSSR count). The lowest BCUT2D eigenvalue weighted by molar-refractivity contribution is 0.112. The summed E-state index contributed by atoms with van der Waals surface area (Å²) in [7, 11) is 0. The van der Waals surface area contributed by atoms with Gasteiger partial charge in [0, 0.05) is 18.2 Å². The van der Waals surface area contributed by atoms with Gasteiger partial charge in [0.15, 0.2) is 0 Å².